The zero-order chi connectivity index (χ0) is 16.9. The number of H-pyrrole nitrogens is 1. The van der Waals surface area contributed by atoms with Gasteiger partial charge >= 0.3 is 6.09 Å². The molecule has 0 unspecified atom stereocenters. The van der Waals surface area contributed by atoms with Crippen LogP contribution in [0, 0.1) is 0 Å². The molecular formula is C19H18N2O3. The number of fused-ring (bicyclic) bond motifs is 1. The molecule has 5 heteroatoms. The maximum absolute atomic E-state index is 12.1. The minimum Gasteiger partial charge on any atom is -0.445 e. The van der Waals surface area contributed by atoms with Crippen LogP contribution in [0.25, 0.3) is 10.9 Å². The van der Waals surface area contributed by atoms with Crippen molar-refractivity contribution in [3.8, 4) is 0 Å². The van der Waals surface area contributed by atoms with Crippen LogP contribution in [-0.4, -0.2) is 23.0 Å². The van der Waals surface area contributed by atoms with Gasteiger partial charge in [-0.1, -0.05) is 48.5 Å². The molecule has 1 amide bonds. The molecule has 1 aromatic heterocycles. The average Bonchev–Trinajstić information content (AvgIpc) is 2.61. The number of carbonyl (C=O) groups excluding carboxylic acids is 1. The predicted molar refractivity (Wildman–Crippen MR) is 92.7 cm³/mol. The first-order chi connectivity index (χ1) is 11.6. The molecule has 1 N–H and O–H groups in total. The molecule has 0 atom stereocenters. The van der Waals surface area contributed by atoms with E-state index in [0.29, 0.717) is 5.56 Å². The number of rotatable bonds is 4. The summed E-state index contributed by atoms with van der Waals surface area (Å²) < 4.78 is 5.26. The molecule has 0 fully saturated rings. The summed E-state index contributed by atoms with van der Waals surface area (Å²) in [5, 5.41) is 0.929. The molecule has 0 saturated heterocycles. The lowest BCUT2D eigenvalue weighted by molar-refractivity contribution is 0.102. The standard InChI is InChI=1S/C19H18N2O3/c1-21(19(23)24-13-14-7-3-2-4-8-14)12-16-11-15-9-5-6-10-17(15)20-18(16)22/h2-11H,12-13H2,1H3,(H,20,22). The number of benzene rings is 2. The molecular weight excluding hydrogens is 304 g/mol. The molecule has 0 aliphatic rings. The second-order valence-electron chi connectivity index (χ2n) is 5.61. The van der Waals surface area contributed by atoms with Crippen molar-refractivity contribution in [2.75, 3.05) is 7.05 Å². The van der Waals surface area contributed by atoms with E-state index in [1.807, 2.05) is 54.6 Å². The van der Waals surface area contributed by atoms with Crippen molar-refractivity contribution in [1.29, 1.82) is 0 Å². The van der Waals surface area contributed by atoms with E-state index >= 15 is 0 Å². The highest BCUT2D eigenvalue weighted by molar-refractivity contribution is 5.78. The van der Waals surface area contributed by atoms with Gasteiger partial charge in [-0.25, -0.2) is 4.79 Å². The van der Waals surface area contributed by atoms with Gasteiger partial charge in [-0.05, 0) is 23.1 Å². The molecule has 0 aliphatic carbocycles. The predicted octanol–water partition coefficient (Wildman–Crippen LogP) is 3.30. The van der Waals surface area contributed by atoms with Crippen molar-refractivity contribution in [2.45, 2.75) is 13.2 Å². The number of nitrogens with zero attached hydrogens (tertiary/aromatic N) is 1. The fraction of sp³-hybridized carbons (Fsp3) is 0.158. The molecule has 3 rings (SSSR count). The van der Waals surface area contributed by atoms with E-state index in [2.05, 4.69) is 4.98 Å². The van der Waals surface area contributed by atoms with E-state index in [1.165, 1.54) is 4.90 Å². The van der Waals surface area contributed by atoms with Crippen LogP contribution in [0.1, 0.15) is 11.1 Å². The number of nitrogens with one attached hydrogen (secondary N) is 1. The summed E-state index contributed by atoms with van der Waals surface area (Å²) in [4.78, 5) is 28.4. The fourth-order valence-corrected chi connectivity index (χ4v) is 2.46. The first-order valence-electron chi connectivity index (χ1n) is 7.66. The molecule has 3 aromatic rings. The minimum atomic E-state index is -0.466. The van der Waals surface area contributed by atoms with E-state index in [9.17, 15) is 9.59 Å². The lowest BCUT2D eigenvalue weighted by atomic mass is 10.1. The van der Waals surface area contributed by atoms with Gasteiger partial charge in [0.05, 0.1) is 6.54 Å². The maximum atomic E-state index is 12.1. The van der Waals surface area contributed by atoms with Crippen molar-refractivity contribution in [3.05, 3.63) is 82.1 Å². The third-order valence-electron chi connectivity index (χ3n) is 3.75. The zero-order valence-corrected chi connectivity index (χ0v) is 13.4. The highest BCUT2D eigenvalue weighted by Crippen LogP contribution is 2.11. The first-order valence-corrected chi connectivity index (χ1v) is 7.66. The Kier molecular flexibility index (Phi) is 4.61. The third kappa shape index (κ3) is 3.63. The number of hydrogen-bond donors (Lipinski definition) is 1. The summed E-state index contributed by atoms with van der Waals surface area (Å²) in [7, 11) is 1.61. The van der Waals surface area contributed by atoms with Gasteiger partial charge in [0.25, 0.3) is 5.56 Å². The Labute approximate surface area is 139 Å². The number of carbonyl (C=O) groups is 1. The van der Waals surface area contributed by atoms with Crippen LogP contribution in [0.15, 0.2) is 65.5 Å². The Morgan fingerprint density at radius 1 is 1.08 bits per heavy atom. The second-order valence-corrected chi connectivity index (χ2v) is 5.61. The Morgan fingerprint density at radius 2 is 1.79 bits per heavy atom. The fourth-order valence-electron chi connectivity index (χ4n) is 2.46. The lowest BCUT2D eigenvalue weighted by Gasteiger charge is -2.17. The van der Waals surface area contributed by atoms with E-state index in [0.717, 1.165) is 16.5 Å². The summed E-state index contributed by atoms with van der Waals surface area (Å²) in [5.41, 5.74) is 2.02. The highest BCUT2D eigenvalue weighted by atomic mass is 16.6. The van der Waals surface area contributed by atoms with Crippen LogP contribution in [0.2, 0.25) is 0 Å². The van der Waals surface area contributed by atoms with Gasteiger partial charge in [-0.3, -0.25) is 4.79 Å². The number of hydrogen-bond acceptors (Lipinski definition) is 3. The van der Waals surface area contributed by atoms with Crippen LogP contribution in [0.4, 0.5) is 4.79 Å². The smallest absolute Gasteiger partial charge is 0.410 e. The number of pyridine rings is 1. The van der Waals surface area contributed by atoms with E-state index < -0.39 is 6.09 Å². The summed E-state index contributed by atoms with van der Waals surface area (Å²) in [6.45, 7) is 0.395. The molecule has 2 aromatic carbocycles. The van der Waals surface area contributed by atoms with Crippen LogP contribution >= 0.6 is 0 Å². The highest BCUT2D eigenvalue weighted by Gasteiger charge is 2.13. The summed E-state index contributed by atoms with van der Waals surface area (Å²) in [6, 6.07) is 18.8. The minimum absolute atomic E-state index is 0.188. The molecule has 0 aliphatic heterocycles. The van der Waals surface area contributed by atoms with Crippen LogP contribution in [-0.2, 0) is 17.9 Å². The SMILES string of the molecule is CN(Cc1cc2ccccc2[nH]c1=O)C(=O)OCc1ccccc1. The molecule has 122 valence electrons. The Balaban J connectivity index is 1.67. The van der Waals surface area contributed by atoms with Crippen molar-refractivity contribution in [3.63, 3.8) is 0 Å². The molecule has 0 bridgehead atoms. The van der Waals surface area contributed by atoms with Gasteiger partial charge in [-0.2, -0.15) is 0 Å². The van der Waals surface area contributed by atoms with Crippen LogP contribution < -0.4 is 5.56 Å². The van der Waals surface area contributed by atoms with Gasteiger partial charge in [-0.15, -0.1) is 0 Å². The van der Waals surface area contributed by atoms with Gasteiger partial charge < -0.3 is 14.6 Å². The number of aromatic amines is 1. The molecule has 0 saturated carbocycles. The lowest BCUT2D eigenvalue weighted by Crippen LogP contribution is -2.29. The largest absolute Gasteiger partial charge is 0.445 e. The Bertz CT molecular complexity index is 903. The van der Waals surface area contributed by atoms with Gasteiger partial charge in [0.1, 0.15) is 6.61 Å². The number of amides is 1. The number of para-hydroxylation sites is 1. The summed E-state index contributed by atoms with van der Waals surface area (Å²) >= 11 is 0. The zero-order valence-electron chi connectivity index (χ0n) is 13.4. The molecule has 0 radical (unpaired) electrons. The van der Waals surface area contributed by atoms with Gasteiger partial charge in [0.15, 0.2) is 0 Å². The van der Waals surface area contributed by atoms with E-state index in [-0.39, 0.29) is 18.7 Å². The second kappa shape index (κ2) is 7.00. The summed E-state index contributed by atoms with van der Waals surface area (Å²) in [5.74, 6) is 0. The Morgan fingerprint density at radius 3 is 2.58 bits per heavy atom. The quantitative estimate of drug-likeness (QED) is 0.801. The summed E-state index contributed by atoms with van der Waals surface area (Å²) in [6.07, 6.45) is -0.466. The van der Waals surface area contributed by atoms with Crippen molar-refractivity contribution >= 4 is 17.0 Å². The van der Waals surface area contributed by atoms with Crippen LogP contribution in [0.5, 0.6) is 0 Å². The topological polar surface area (TPSA) is 62.4 Å². The normalized spacial score (nSPS) is 10.5. The van der Waals surface area contributed by atoms with E-state index in [1.54, 1.807) is 13.1 Å². The van der Waals surface area contributed by atoms with Gasteiger partial charge in [0, 0.05) is 18.1 Å². The molecule has 1 heterocycles. The van der Waals surface area contributed by atoms with Crippen molar-refractivity contribution in [1.82, 2.24) is 9.88 Å². The number of ether oxygens (including phenoxy) is 1. The molecule has 24 heavy (non-hydrogen) atoms. The van der Waals surface area contributed by atoms with Crippen LogP contribution in [0.3, 0.4) is 0 Å². The number of aromatic nitrogens is 1. The van der Waals surface area contributed by atoms with E-state index in [4.69, 9.17) is 4.74 Å². The molecule has 5 nitrogen and oxygen atoms in total. The van der Waals surface area contributed by atoms with Crippen molar-refractivity contribution in [2.24, 2.45) is 0 Å². The Hall–Kier alpha value is -3.08. The van der Waals surface area contributed by atoms with Crippen molar-refractivity contribution < 1.29 is 9.53 Å². The third-order valence-corrected chi connectivity index (χ3v) is 3.75. The monoisotopic (exact) mass is 322 g/mol. The average molecular weight is 322 g/mol. The first kappa shape index (κ1) is 15.8. The maximum Gasteiger partial charge on any atom is 0.410 e. The van der Waals surface area contributed by atoms with Gasteiger partial charge in [0.2, 0.25) is 0 Å². The molecule has 0 spiro atoms.